The molecule has 1 unspecified atom stereocenters. The number of anilines is 1. The highest BCUT2D eigenvalue weighted by Crippen LogP contribution is 2.26. The van der Waals surface area contributed by atoms with Crippen molar-refractivity contribution in [3.63, 3.8) is 0 Å². The van der Waals surface area contributed by atoms with Gasteiger partial charge in [0.15, 0.2) is 11.1 Å². The Morgan fingerprint density at radius 1 is 1.58 bits per heavy atom. The third-order valence-corrected chi connectivity index (χ3v) is 3.27. The summed E-state index contributed by atoms with van der Waals surface area (Å²) in [6.45, 7) is -0.851. The van der Waals surface area contributed by atoms with Crippen LogP contribution in [0, 0.1) is 0 Å². The van der Waals surface area contributed by atoms with E-state index in [1.807, 2.05) is 0 Å². The van der Waals surface area contributed by atoms with Gasteiger partial charge in [-0.3, -0.25) is 0 Å². The van der Waals surface area contributed by atoms with Crippen LogP contribution in [0.4, 0.5) is 18.3 Å². The Balaban J connectivity index is 2.58. The Hall–Kier alpha value is -1.00. The molecular weight excluding hydrogens is 299 g/mol. The van der Waals surface area contributed by atoms with Gasteiger partial charge in [0.05, 0.1) is 5.69 Å². The smallest absolute Gasteiger partial charge is 0.370 e. The summed E-state index contributed by atoms with van der Waals surface area (Å²) in [5, 5.41) is 4.51. The number of alkyl halides is 3. The van der Waals surface area contributed by atoms with Crippen molar-refractivity contribution in [3.8, 4) is 0 Å². The van der Waals surface area contributed by atoms with E-state index in [-0.39, 0.29) is 11.2 Å². The van der Waals surface area contributed by atoms with Crippen LogP contribution in [0.15, 0.2) is 10.4 Å². The van der Waals surface area contributed by atoms with Crippen LogP contribution in [0.2, 0.25) is 0 Å². The molecule has 0 radical (unpaired) electrons. The molecule has 1 aromatic rings. The molecule has 1 atom stereocenters. The molecule has 1 aromatic heterocycles. The molecule has 1 heterocycles. The fourth-order valence-corrected chi connectivity index (χ4v) is 2.28. The Kier molecular flexibility index (Phi) is 5.88. The first-order chi connectivity index (χ1) is 8.81. The second kappa shape index (κ2) is 6.96. The summed E-state index contributed by atoms with van der Waals surface area (Å²) in [6, 6.07) is 0. The third kappa shape index (κ3) is 6.12. The molecule has 10 heteroatoms. The number of nitrogens with one attached hydrogen (secondary N) is 1. The fraction of sp³-hybridized carbons (Fsp3) is 0.556. The van der Waals surface area contributed by atoms with E-state index in [1.54, 1.807) is 5.38 Å². The van der Waals surface area contributed by atoms with E-state index in [4.69, 9.17) is 11.5 Å². The number of aromatic nitrogens is 1. The van der Waals surface area contributed by atoms with E-state index in [0.717, 1.165) is 0 Å². The highest BCUT2D eigenvalue weighted by Gasteiger charge is 2.26. The van der Waals surface area contributed by atoms with Crippen LogP contribution in [0.3, 0.4) is 0 Å². The number of aliphatic imine (C=N–C) groups is 1. The number of rotatable bonds is 5. The van der Waals surface area contributed by atoms with Gasteiger partial charge >= 0.3 is 6.18 Å². The zero-order valence-electron chi connectivity index (χ0n) is 9.81. The highest BCUT2D eigenvalue weighted by atomic mass is 32.1. The van der Waals surface area contributed by atoms with Crippen LogP contribution in [0.25, 0.3) is 0 Å². The molecule has 5 N–H and O–H groups in total. The van der Waals surface area contributed by atoms with Crippen molar-refractivity contribution in [2.75, 3.05) is 18.4 Å². The maximum atomic E-state index is 11.9. The number of guanidine groups is 1. The molecule has 0 aliphatic heterocycles. The zero-order valence-corrected chi connectivity index (χ0v) is 11.5. The molecule has 5 nitrogen and oxygen atoms in total. The molecule has 0 aliphatic rings. The molecule has 0 bridgehead atoms. The van der Waals surface area contributed by atoms with Gasteiger partial charge in [-0.2, -0.15) is 25.8 Å². The van der Waals surface area contributed by atoms with Gasteiger partial charge in [0.25, 0.3) is 0 Å². The topological polar surface area (TPSA) is 89.3 Å². The number of hydrogen-bond donors (Lipinski definition) is 4. The Morgan fingerprint density at radius 3 is 2.84 bits per heavy atom. The van der Waals surface area contributed by atoms with Gasteiger partial charge < -0.3 is 16.8 Å². The lowest BCUT2D eigenvalue weighted by atomic mass is 10.2. The predicted octanol–water partition coefficient (Wildman–Crippen LogP) is 1.75. The maximum absolute atomic E-state index is 11.9. The predicted molar refractivity (Wildman–Crippen MR) is 73.7 cm³/mol. The largest absolute Gasteiger partial charge is 0.408 e. The molecule has 1 rings (SSSR count). The van der Waals surface area contributed by atoms with Gasteiger partial charge in [0.2, 0.25) is 0 Å². The molecular formula is C9H14F3N5S2. The normalized spacial score (nSPS) is 14.5. The molecule has 0 amide bonds. The van der Waals surface area contributed by atoms with Gasteiger partial charge in [-0.15, -0.1) is 11.3 Å². The average Bonchev–Trinajstić information content (AvgIpc) is 2.74. The summed E-state index contributed by atoms with van der Waals surface area (Å²) >= 11 is 5.52. The third-order valence-electron chi connectivity index (χ3n) is 1.97. The van der Waals surface area contributed by atoms with Crippen molar-refractivity contribution in [2.45, 2.75) is 17.8 Å². The summed E-state index contributed by atoms with van der Waals surface area (Å²) in [7, 11) is 0. The van der Waals surface area contributed by atoms with Crippen molar-refractivity contribution in [1.29, 1.82) is 0 Å². The van der Waals surface area contributed by atoms with Crippen LogP contribution in [-0.2, 0) is 0 Å². The second-order valence-corrected chi connectivity index (χ2v) is 5.09. The lowest BCUT2D eigenvalue weighted by molar-refractivity contribution is -0.118. The number of nitrogens with two attached hydrogens (primary N) is 2. The number of halogens is 3. The van der Waals surface area contributed by atoms with Gasteiger partial charge in [-0.25, -0.2) is 9.98 Å². The molecule has 0 fully saturated rings. The lowest BCUT2D eigenvalue weighted by Crippen LogP contribution is -2.25. The highest BCUT2D eigenvalue weighted by molar-refractivity contribution is 7.80. The minimum absolute atomic E-state index is 0.106. The molecule has 19 heavy (non-hydrogen) atoms. The Labute approximate surface area is 117 Å². The van der Waals surface area contributed by atoms with Crippen LogP contribution in [0.5, 0.6) is 0 Å². The van der Waals surface area contributed by atoms with Crippen molar-refractivity contribution in [3.05, 3.63) is 11.1 Å². The fourth-order valence-electron chi connectivity index (χ4n) is 1.13. The average molecular weight is 313 g/mol. The standard InChI is InChI=1S/C9H14F3N5S2/c10-9(11,12)4-15-7(14)17-8-16-5(3-19-8)6(18)1-2-13/h3,6,18H,1-2,4,13H2,(H3,14,15,16,17). The molecule has 0 aliphatic carbocycles. The number of nitrogens with zero attached hydrogens (tertiary/aromatic N) is 2. The minimum Gasteiger partial charge on any atom is -0.370 e. The van der Waals surface area contributed by atoms with Crippen molar-refractivity contribution >= 4 is 35.1 Å². The van der Waals surface area contributed by atoms with Crippen molar-refractivity contribution in [1.82, 2.24) is 4.98 Å². The first-order valence-corrected chi connectivity index (χ1v) is 6.68. The lowest BCUT2D eigenvalue weighted by Gasteiger charge is -2.05. The first-order valence-electron chi connectivity index (χ1n) is 5.29. The van der Waals surface area contributed by atoms with Crippen LogP contribution < -0.4 is 16.8 Å². The number of thiazole rings is 1. The van der Waals surface area contributed by atoms with Gasteiger partial charge in [-0.1, -0.05) is 0 Å². The summed E-state index contributed by atoms with van der Waals surface area (Å²) in [5.74, 6) is -0.326. The Bertz CT molecular complexity index is 432. The summed E-state index contributed by atoms with van der Waals surface area (Å²) < 4.78 is 35.8. The van der Waals surface area contributed by atoms with E-state index < -0.39 is 12.7 Å². The van der Waals surface area contributed by atoms with E-state index in [1.165, 1.54) is 11.3 Å². The molecule has 0 saturated heterocycles. The number of hydrogen-bond acceptors (Lipinski definition) is 5. The zero-order chi connectivity index (χ0) is 14.5. The summed E-state index contributed by atoms with van der Waals surface area (Å²) in [6.07, 6.45) is -3.72. The SMILES string of the molecule is NCCC(S)c1csc(NC(N)=NCC(F)(F)F)n1. The quantitative estimate of drug-likeness (QED) is 0.379. The molecule has 0 saturated carbocycles. The van der Waals surface area contributed by atoms with Crippen molar-refractivity contribution < 1.29 is 13.2 Å². The Morgan fingerprint density at radius 2 is 2.26 bits per heavy atom. The van der Waals surface area contributed by atoms with Crippen molar-refractivity contribution in [2.24, 2.45) is 16.5 Å². The molecule has 0 aromatic carbocycles. The second-order valence-electron chi connectivity index (χ2n) is 3.61. The molecule has 0 spiro atoms. The van der Waals surface area contributed by atoms with E-state index in [2.05, 4.69) is 27.9 Å². The van der Waals surface area contributed by atoms with Gasteiger partial charge in [-0.05, 0) is 13.0 Å². The van der Waals surface area contributed by atoms with Crippen LogP contribution >= 0.6 is 24.0 Å². The minimum atomic E-state index is -4.38. The summed E-state index contributed by atoms with van der Waals surface area (Å²) in [4.78, 5) is 7.31. The summed E-state index contributed by atoms with van der Waals surface area (Å²) in [5.41, 5.74) is 11.4. The first kappa shape index (κ1) is 16.1. The van der Waals surface area contributed by atoms with E-state index in [0.29, 0.717) is 23.8 Å². The maximum Gasteiger partial charge on any atom is 0.408 e. The van der Waals surface area contributed by atoms with E-state index >= 15 is 0 Å². The number of thiol groups is 1. The molecule has 108 valence electrons. The van der Waals surface area contributed by atoms with Gasteiger partial charge in [0.1, 0.15) is 6.54 Å². The van der Waals surface area contributed by atoms with Gasteiger partial charge in [0, 0.05) is 10.6 Å². The van der Waals surface area contributed by atoms with Crippen LogP contribution in [0.1, 0.15) is 17.4 Å². The monoisotopic (exact) mass is 313 g/mol. The van der Waals surface area contributed by atoms with E-state index in [9.17, 15) is 13.2 Å². The van der Waals surface area contributed by atoms with Crippen LogP contribution in [-0.4, -0.2) is 30.2 Å².